The van der Waals surface area contributed by atoms with E-state index in [2.05, 4.69) is 15.2 Å². The average molecular weight is 580 g/mol. The van der Waals surface area contributed by atoms with Crippen LogP contribution in [0.25, 0.3) is 0 Å². The summed E-state index contributed by atoms with van der Waals surface area (Å²) >= 11 is 5.76. The molecule has 210 valence electrons. The normalized spacial score (nSPS) is 13.4. The molecule has 0 saturated carbocycles. The number of aromatic hydroxyl groups is 1. The zero-order chi connectivity index (χ0) is 29.4. The Morgan fingerprint density at radius 3 is 2.31 bits per heavy atom. The topological polar surface area (TPSA) is 166 Å². The lowest BCUT2D eigenvalue weighted by Crippen LogP contribution is -2.45. The van der Waals surface area contributed by atoms with Crippen molar-refractivity contribution in [3.05, 3.63) is 72.1 Å². The number of aryl methyl sites for hydroxylation is 2. The van der Waals surface area contributed by atoms with Crippen molar-refractivity contribution in [1.29, 1.82) is 0 Å². The molecule has 14 heteroatoms. The molecule has 12 nitrogen and oxygen atoms in total. The van der Waals surface area contributed by atoms with Crippen LogP contribution in [0.2, 0.25) is 5.02 Å². The number of nitrogens with one attached hydrogen (secondary N) is 1. The number of H-pyrrole nitrogens is 1. The highest BCUT2D eigenvalue weighted by Gasteiger charge is 2.27. The number of hydrogen-bond donors (Lipinski definition) is 2. The predicted molar refractivity (Wildman–Crippen MR) is 146 cm³/mol. The maximum absolute atomic E-state index is 12.8. The van der Waals surface area contributed by atoms with E-state index in [0.29, 0.717) is 35.6 Å². The summed E-state index contributed by atoms with van der Waals surface area (Å²) < 4.78 is 26.6. The van der Waals surface area contributed by atoms with Gasteiger partial charge >= 0.3 is 5.69 Å². The second kappa shape index (κ2) is 10.8. The Kier molecular flexibility index (Phi) is 8.27. The fourth-order valence-corrected chi connectivity index (χ4v) is 5.14. The Morgan fingerprint density at radius 2 is 1.82 bits per heavy atom. The van der Waals surface area contributed by atoms with E-state index < -0.39 is 32.4 Å². The van der Waals surface area contributed by atoms with Gasteiger partial charge in [-0.25, -0.2) is 17.9 Å². The zero-order valence-electron chi connectivity index (χ0n) is 22.6. The summed E-state index contributed by atoms with van der Waals surface area (Å²) in [6.45, 7) is 8.93. The highest BCUT2D eigenvalue weighted by molar-refractivity contribution is 7.90. The highest BCUT2D eigenvalue weighted by Crippen LogP contribution is 2.29. The molecule has 0 atom stereocenters. The van der Waals surface area contributed by atoms with Crippen LogP contribution in [0.4, 0.5) is 0 Å². The Hall–Kier alpha value is -3.71. The lowest BCUT2D eigenvalue weighted by Gasteiger charge is -2.21. The molecule has 0 fully saturated rings. The van der Waals surface area contributed by atoms with Crippen molar-refractivity contribution in [1.82, 2.24) is 19.3 Å². The van der Waals surface area contributed by atoms with Crippen molar-refractivity contribution >= 4 is 32.9 Å². The fraction of sp³-hybridized carbons (Fsp3) is 0.400. The summed E-state index contributed by atoms with van der Waals surface area (Å²) in [6.07, 6.45) is 2.84. The molecular formula is C25H30ClN5O7S. The Bertz CT molecular complexity index is 1710. The van der Waals surface area contributed by atoms with Crippen molar-refractivity contribution in [2.75, 3.05) is 12.9 Å². The number of oxime groups is 1. The number of carbonyl (C=O) groups is 1. The van der Waals surface area contributed by atoms with Crippen LogP contribution in [0, 0.1) is 13.8 Å². The van der Waals surface area contributed by atoms with Gasteiger partial charge in [0.2, 0.25) is 5.88 Å². The van der Waals surface area contributed by atoms with Gasteiger partial charge < -0.3 is 14.9 Å². The van der Waals surface area contributed by atoms with Gasteiger partial charge in [0.05, 0.1) is 16.8 Å². The summed E-state index contributed by atoms with van der Waals surface area (Å²) in [4.78, 5) is 43.6. The number of halogens is 1. The number of ketones is 1. The molecule has 0 radical (unpaired) electrons. The van der Waals surface area contributed by atoms with Gasteiger partial charge in [0, 0.05) is 42.1 Å². The summed E-state index contributed by atoms with van der Waals surface area (Å²) in [5.74, 6) is -0.691. The predicted octanol–water partition coefficient (Wildman–Crippen LogP) is 2.45. The van der Waals surface area contributed by atoms with E-state index in [1.54, 1.807) is 34.6 Å². The summed E-state index contributed by atoms with van der Waals surface area (Å²) in [6, 6.07) is 2.83. The minimum absolute atomic E-state index is 0.0493. The monoisotopic (exact) mass is 579 g/mol. The fourth-order valence-electron chi connectivity index (χ4n) is 4.05. The Labute approximate surface area is 229 Å². The quantitative estimate of drug-likeness (QED) is 0.445. The van der Waals surface area contributed by atoms with Crippen LogP contribution in [0.1, 0.15) is 59.9 Å². The molecule has 1 aliphatic rings. The molecule has 0 unspecified atom stereocenters. The van der Waals surface area contributed by atoms with Crippen LogP contribution in [-0.2, 0) is 27.3 Å². The average Bonchev–Trinajstić information content (AvgIpc) is 3.46. The molecule has 0 amide bonds. The number of rotatable bonds is 4. The third-order valence-electron chi connectivity index (χ3n) is 6.00. The van der Waals surface area contributed by atoms with Crippen molar-refractivity contribution in [2.45, 2.75) is 51.5 Å². The number of benzene rings is 1. The van der Waals surface area contributed by atoms with E-state index in [1.165, 1.54) is 30.1 Å². The number of aromatic nitrogens is 4. The lowest BCUT2D eigenvalue weighted by molar-refractivity contribution is 0.103. The molecule has 0 spiro atoms. The number of aromatic amines is 1. The first-order valence-corrected chi connectivity index (χ1v) is 14.0. The van der Waals surface area contributed by atoms with Gasteiger partial charge in [-0.2, -0.15) is 5.10 Å². The Balaban J connectivity index is 0.000000255. The molecule has 4 rings (SSSR count). The third kappa shape index (κ3) is 5.98. The van der Waals surface area contributed by atoms with Gasteiger partial charge in [-0.15, -0.1) is 0 Å². The number of carbonyl (C=O) groups excluding carboxylic acids is 1. The van der Waals surface area contributed by atoms with Crippen LogP contribution in [0.3, 0.4) is 0 Å². The van der Waals surface area contributed by atoms with Crippen molar-refractivity contribution in [3.63, 3.8) is 0 Å². The first-order chi connectivity index (χ1) is 18.0. The standard InChI is InChI=1S/C16H17N3O5S.C9H13ClN2O2/c1-9-10(15(20)11-8-17-19(2)16(11)21)4-5-13(25(3,22)23)14(9)12-6-7-24-18-12;1-5-6(10)7(13)12(8(14)11-5)9(2,3)4/h4-5,8,21H,6-7H2,1-3H3;1-4H3,(H,11,14). The van der Waals surface area contributed by atoms with E-state index >= 15 is 0 Å². The molecule has 0 saturated heterocycles. The SMILES string of the molecule is Cc1[nH]c(=O)n(C(C)(C)C)c(=O)c1Cl.Cc1c(C(=O)c2cnn(C)c2O)ccc(S(C)(=O)=O)c1C1=NOCC1. The van der Waals surface area contributed by atoms with E-state index in [1.807, 2.05) is 0 Å². The molecule has 2 N–H and O–H groups in total. The molecule has 1 aliphatic heterocycles. The maximum Gasteiger partial charge on any atom is 0.329 e. The number of nitrogens with zero attached hydrogens (tertiary/aromatic N) is 4. The van der Waals surface area contributed by atoms with Crippen LogP contribution in [0.5, 0.6) is 5.88 Å². The molecule has 1 aromatic carbocycles. The van der Waals surface area contributed by atoms with E-state index in [-0.39, 0.29) is 26.9 Å². The Morgan fingerprint density at radius 1 is 1.18 bits per heavy atom. The maximum atomic E-state index is 12.8. The van der Waals surface area contributed by atoms with Crippen molar-refractivity contribution in [2.24, 2.45) is 12.2 Å². The number of hydrogen-bond acceptors (Lipinski definition) is 9. The molecule has 3 aromatic rings. The molecule has 2 aromatic heterocycles. The number of sulfone groups is 1. The van der Waals surface area contributed by atoms with Gasteiger partial charge in [0.25, 0.3) is 5.56 Å². The van der Waals surface area contributed by atoms with Gasteiger partial charge in [-0.3, -0.25) is 14.2 Å². The third-order valence-corrected chi connectivity index (χ3v) is 7.59. The molecule has 3 heterocycles. The minimum atomic E-state index is -3.52. The van der Waals surface area contributed by atoms with Gasteiger partial charge in [-0.05, 0) is 52.3 Å². The van der Waals surface area contributed by atoms with E-state index in [9.17, 15) is 27.9 Å². The van der Waals surface area contributed by atoms with Crippen LogP contribution >= 0.6 is 11.6 Å². The summed E-state index contributed by atoms with van der Waals surface area (Å²) in [5, 5.41) is 17.8. The van der Waals surface area contributed by atoms with Gasteiger partial charge in [0.15, 0.2) is 15.6 Å². The zero-order valence-corrected chi connectivity index (χ0v) is 24.2. The summed E-state index contributed by atoms with van der Waals surface area (Å²) in [7, 11) is -2.00. The molecule has 0 bridgehead atoms. The van der Waals surface area contributed by atoms with Crippen LogP contribution in [-0.4, -0.2) is 57.2 Å². The minimum Gasteiger partial charge on any atom is -0.493 e. The highest BCUT2D eigenvalue weighted by atomic mass is 35.5. The van der Waals surface area contributed by atoms with Crippen molar-refractivity contribution < 1.29 is 23.2 Å². The summed E-state index contributed by atoms with van der Waals surface area (Å²) in [5.41, 5.74) is 0.639. The van der Waals surface area contributed by atoms with Gasteiger partial charge in [0.1, 0.15) is 17.2 Å². The smallest absolute Gasteiger partial charge is 0.329 e. The van der Waals surface area contributed by atoms with E-state index in [0.717, 1.165) is 10.8 Å². The molecular weight excluding hydrogens is 550 g/mol. The molecule has 0 aliphatic carbocycles. The largest absolute Gasteiger partial charge is 0.493 e. The van der Waals surface area contributed by atoms with Crippen LogP contribution < -0.4 is 11.2 Å². The second-order valence-electron chi connectivity index (χ2n) is 10.0. The molecule has 39 heavy (non-hydrogen) atoms. The van der Waals surface area contributed by atoms with E-state index in [4.69, 9.17) is 16.4 Å². The second-order valence-corrected chi connectivity index (χ2v) is 12.4. The van der Waals surface area contributed by atoms with Crippen molar-refractivity contribution in [3.8, 4) is 5.88 Å². The van der Waals surface area contributed by atoms with Gasteiger partial charge in [-0.1, -0.05) is 16.8 Å². The first kappa shape index (κ1) is 29.8. The van der Waals surface area contributed by atoms with Crippen LogP contribution in [0.15, 0.2) is 38.0 Å². The lowest BCUT2D eigenvalue weighted by atomic mass is 9.93. The first-order valence-electron chi connectivity index (χ1n) is 11.8.